The first-order chi connectivity index (χ1) is 6.33. The molecule has 0 fully saturated rings. The number of amides is 1. The first kappa shape index (κ1) is 10.6. The van der Waals surface area contributed by atoms with Crippen LogP contribution in [-0.2, 0) is 0 Å². The number of nitrogens with one attached hydrogen (secondary N) is 1. The summed E-state index contributed by atoms with van der Waals surface area (Å²) in [5, 5.41) is 3.05. The number of allylic oxidation sites excluding steroid dienone is 1. The van der Waals surface area contributed by atoms with Crippen LogP contribution < -0.4 is 5.32 Å². The molecule has 0 saturated heterocycles. The molecule has 0 spiro atoms. The van der Waals surface area contributed by atoms with Crippen LogP contribution in [0.4, 0.5) is 4.79 Å². The highest BCUT2D eigenvalue weighted by atomic mass is 32.2. The lowest BCUT2D eigenvalue weighted by molar-refractivity contribution is 0.258. The Bertz CT molecular complexity index is 191. The molecule has 74 valence electrons. The van der Waals surface area contributed by atoms with Crippen molar-refractivity contribution in [2.75, 3.05) is 6.26 Å². The molecule has 0 bridgehead atoms. The van der Waals surface area contributed by atoms with E-state index < -0.39 is 0 Å². The van der Waals surface area contributed by atoms with E-state index in [1.807, 2.05) is 6.26 Å². The number of hydrogen-bond donors (Lipinski definition) is 1. The maximum atomic E-state index is 11.1. The second-order valence-corrected chi connectivity index (χ2v) is 4.09. The van der Waals surface area contributed by atoms with E-state index in [2.05, 4.69) is 17.5 Å². The molecule has 1 amide bonds. The van der Waals surface area contributed by atoms with Gasteiger partial charge in [0, 0.05) is 6.04 Å². The van der Waals surface area contributed by atoms with E-state index in [1.165, 1.54) is 31.0 Å². The molecular formula is C10H17NOS. The minimum absolute atomic E-state index is 0.0789. The van der Waals surface area contributed by atoms with E-state index in [0.29, 0.717) is 0 Å². The SMILES string of the molecule is CSC(=O)NC1C=CCCCCC1. The van der Waals surface area contributed by atoms with Gasteiger partial charge < -0.3 is 5.32 Å². The lowest BCUT2D eigenvalue weighted by Gasteiger charge is -2.15. The van der Waals surface area contributed by atoms with Gasteiger partial charge in [0.15, 0.2) is 0 Å². The minimum atomic E-state index is 0.0789. The standard InChI is InChI=1S/C10H17NOS/c1-13-10(12)11-9-7-5-3-2-4-6-8-9/h5,7,9H,2-4,6,8H2,1H3,(H,11,12). The zero-order valence-electron chi connectivity index (χ0n) is 8.08. The predicted octanol–water partition coefficient (Wildman–Crippen LogP) is 2.95. The van der Waals surface area contributed by atoms with Gasteiger partial charge in [-0.25, -0.2) is 0 Å². The fourth-order valence-corrected chi connectivity index (χ4v) is 1.76. The first-order valence-electron chi connectivity index (χ1n) is 4.84. The van der Waals surface area contributed by atoms with E-state index in [-0.39, 0.29) is 11.3 Å². The van der Waals surface area contributed by atoms with Crippen molar-refractivity contribution in [3.8, 4) is 0 Å². The lowest BCUT2D eigenvalue weighted by Crippen LogP contribution is -2.30. The van der Waals surface area contributed by atoms with Gasteiger partial charge in [-0.15, -0.1) is 0 Å². The monoisotopic (exact) mass is 199 g/mol. The lowest BCUT2D eigenvalue weighted by atomic mass is 10.0. The maximum Gasteiger partial charge on any atom is 0.279 e. The van der Waals surface area contributed by atoms with Crippen LogP contribution in [-0.4, -0.2) is 17.5 Å². The topological polar surface area (TPSA) is 29.1 Å². The summed E-state index contributed by atoms with van der Waals surface area (Å²) in [5.74, 6) is 0. The molecule has 1 atom stereocenters. The van der Waals surface area contributed by atoms with Gasteiger partial charge in [0.25, 0.3) is 5.24 Å². The molecule has 0 radical (unpaired) electrons. The Kier molecular flexibility index (Phi) is 4.98. The van der Waals surface area contributed by atoms with Crippen LogP contribution in [0.5, 0.6) is 0 Å². The highest BCUT2D eigenvalue weighted by Crippen LogP contribution is 2.12. The third-order valence-electron chi connectivity index (χ3n) is 2.24. The molecule has 1 N–H and O–H groups in total. The third-order valence-corrected chi connectivity index (χ3v) is 2.73. The molecule has 1 aliphatic rings. The van der Waals surface area contributed by atoms with Gasteiger partial charge in [-0.3, -0.25) is 4.79 Å². The fraction of sp³-hybridized carbons (Fsp3) is 0.700. The van der Waals surface area contributed by atoms with E-state index >= 15 is 0 Å². The number of carbonyl (C=O) groups excluding carboxylic acids is 1. The van der Waals surface area contributed by atoms with Crippen LogP contribution in [0, 0.1) is 0 Å². The summed E-state index contributed by atoms with van der Waals surface area (Å²) in [5.41, 5.74) is 0. The Balaban J connectivity index is 2.37. The van der Waals surface area contributed by atoms with Crippen LogP contribution in [0.1, 0.15) is 32.1 Å². The largest absolute Gasteiger partial charge is 0.341 e. The van der Waals surface area contributed by atoms with Crippen molar-refractivity contribution in [3.63, 3.8) is 0 Å². The molecule has 0 aromatic rings. The Morgan fingerprint density at radius 2 is 2.31 bits per heavy atom. The Morgan fingerprint density at radius 1 is 1.46 bits per heavy atom. The third kappa shape index (κ3) is 4.36. The fourth-order valence-electron chi connectivity index (χ4n) is 1.49. The number of rotatable bonds is 1. The number of thioether (sulfide) groups is 1. The van der Waals surface area contributed by atoms with Gasteiger partial charge in [0.05, 0.1) is 0 Å². The Morgan fingerprint density at radius 3 is 3.08 bits per heavy atom. The molecule has 13 heavy (non-hydrogen) atoms. The summed E-state index contributed by atoms with van der Waals surface area (Å²) in [4.78, 5) is 11.1. The molecular weight excluding hydrogens is 182 g/mol. The summed E-state index contributed by atoms with van der Waals surface area (Å²) < 4.78 is 0. The highest BCUT2D eigenvalue weighted by Gasteiger charge is 2.08. The van der Waals surface area contributed by atoms with Gasteiger partial charge in [-0.1, -0.05) is 36.8 Å². The average Bonchev–Trinajstić information content (AvgIpc) is 2.09. The molecule has 2 nitrogen and oxygen atoms in total. The van der Waals surface area contributed by atoms with Crippen LogP contribution in [0.2, 0.25) is 0 Å². The molecule has 0 heterocycles. The molecule has 1 aliphatic carbocycles. The second-order valence-electron chi connectivity index (χ2n) is 3.31. The summed E-state index contributed by atoms with van der Waals surface area (Å²) in [6, 6.07) is 0.264. The van der Waals surface area contributed by atoms with Crippen LogP contribution in [0.25, 0.3) is 0 Å². The molecule has 1 unspecified atom stereocenters. The van der Waals surface area contributed by atoms with Crippen LogP contribution in [0.15, 0.2) is 12.2 Å². The van der Waals surface area contributed by atoms with Crippen molar-refractivity contribution in [1.29, 1.82) is 0 Å². The molecule has 1 rings (SSSR count). The maximum absolute atomic E-state index is 11.1. The van der Waals surface area contributed by atoms with E-state index in [4.69, 9.17) is 0 Å². The van der Waals surface area contributed by atoms with Gasteiger partial charge in [-0.05, 0) is 25.5 Å². The average molecular weight is 199 g/mol. The second kappa shape index (κ2) is 6.08. The molecule has 0 aromatic heterocycles. The van der Waals surface area contributed by atoms with Crippen LogP contribution in [0.3, 0.4) is 0 Å². The van der Waals surface area contributed by atoms with Crippen molar-refractivity contribution in [3.05, 3.63) is 12.2 Å². The van der Waals surface area contributed by atoms with Gasteiger partial charge >= 0.3 is 0 Å². The normalized spacial score (nSPS) is 23.3. The van der Waals surface area contributed by atoms with Crippen molar-refractivity contribution in [2.24, 2.45) is 0 Å². The molecule has 3 heteroatoms. The minimum Gasteiger partial charge on any atom is -0.341 e. The van der Waals surface area contributed by atoms with E-state index in [1.54, 1.807) is 0 Å². The van der Waals surface area contributed by atoms with Gasteiger partial charge in [0.1, 0.15) is 0 Å². The van der Waals surface area contributed by atoms with E-state index in [9.17, 15) is 4.79 Å². The summed E-state index contributed by atoms with van der Waals surface area (Å²) >= 11 is 1.25. The zero-order chi connectivity index (χ0) is 9.52. The van der Waals surface area contributed by atoms with Gasteiger partial charge in [-0.2, -0.15) is 0 Å². The highest BCUT2D eigenvalue weighted by molar-refractivity contribution is 8.12. The smallest absolute Gasteiger partial charge is 0.279 e. The number of hydrogen-bond acceptors (Lipinski definition) is 2. The molecule has 0 aliphatic heterocycles. The van der Waals surface area contributed by atoms with Gasteiger partial charge in [0.2, 0.25) is 0 Å². The van der Waals surface area contributed by atoms with Crippen molar-refractivity contribution >= 4 is 17.0 Å². The van der Waals surface area contributed by atoms with Crippen molar-refractivity contribution in [2.45, 2.75) is 38.1 Å². The zero-order valence-corrected chi connectivity index (χ0v) is 8.90. The molecule has 0 aromatic carbocycles. The molecule has 0 saturated carbocycles. The Labute approximate surface area is 84.2 Å². The van der Waals surface area contributed by atoms with Crippen molar-refractivity contribution < 1.29 is 4.79 Å². The predicted molar refractivity (Wildman–Crippen MR) is 58.1 cm³/mol. The van der Waals surface area contributed by atoms with E-state index in [0.717, 1.165) is 12.8 Å². The van der Waals surface area contributed by atoms with Crippen LogP contribution >= 0.6 is 11.8 Å². The first-order valence-corrected chi connectivity index (χ1v) is 6.06. The summed E-state index contributed by atoms with van der Waals surface area (Å²) in [7, 11) is 0. The Hall–Kier alpha value is -0.440. The summed E-state index contributed by atoms with van der Waals surface area (Å²) in [6.45, 7) is 0. The van der Waals surface area contributed by atoms with Crippen molar-refractivity contribution in [1.82, 2.24) is 5.32 Å². The quantitative estimate of drug-likeness (QED) is 0.658. The summed E-state index contributed by atoms with van der Waals surface area (Å²) in [6.07, 6.45) is 12.2. The number of carbonyl (C=O) groups is 1.